The second-order valence-electron chi connectivity index (χ2n) is 6.52. The van der Waals surface area contributed by atoms with Crippen molar-refractivity contribution in [3.05, 3.63) is 99.7 Å². The van der Waals surface area contributed by atoms with Gasteiger partial charge in [0.05, 0.1) is 12.1 Å². The first kappa shape index (κ1) is 20.1. The summed E-state index contributed by atoms with van der Waals surface area (Å²) in [5, 5.41) is 9.04. The lowest BCUT2D eigenvalue weighted by molar-refractivity contribution is -0.138. The molecule has 0 aliphatic heterocycles. The van der Waals surface area contributed by atoms with Gasteiger partial charge in [0.1, 0.15) is 24.8 Å². The van der Waals surface area contributed by atoms with E-state index in [1.807, 2.05) is 0 Å². The number of carboxylic acids is 1. The van der Waals surface area contributed by atoms with Gasteiger partial charge in [-0.15, -0.1) is 0 Å². The van der Waals surface area contributed by atoms with Crippen molar-refractivity contribution in [1.29, 1.82) is 0 Å². The van der Waals surface area contributed by atoms with Crippen molar-refractivity contribution in [2.75, 3.05) is 0 Å². The highest BCUT2D eigenvalue weighted by atomic mass is 19.1. The lowest BCUT2D eigenvalue weighted by atomic mass is 10.0. The lowest BCUT2D eigenvalue weighted by Gasteiger charge is -2.11. The van der Waals surface area contributed by atoms with Gasteiger partial charge in [0.2, 0.25) is 0 Å². The van der Waals surface area contributed by atoms with Gasteiger partial charge >= 0.3 is 5.97 Å². The van der Waals surface area contributed by atoms with Gasteiger partial charge in [-0.1, -0.05) is 36.4 Å². The Hall–Kier alpha value is -3.61. The lowest BCUT2D eigenvalue weighted by Crippen LogP contribution is -2.25. The maximum Gasteiger partial charge on any atom is 0.310 e. The topological polar surface area (TPSA) is 77.8 Å². The maximum atomic E-state index is 12.9. The molecule has 3 aromatic rings. The molecule has 0 saturated heterocycles. The van der Waals surface area contributed by atoms with Crippen LogP contribution in [-0.2, 0) is 18.0 Å². The van der Waals surface area contributed by atoms with Crippen LogP contribution in [0, 0.1) is 5.82 Å². The third kappa shape index (κ3) is 5.44. The number of nitrogens with zero attached hydrogens (tertiary/aromatic N) is 1. The summed E-state index contributed by atoms with van der Waals surface area (Å²) in [6.07, 6.45) is 1.46. The first-order valence-corrected chi connectivity index (χ1v) is 8.97. The van der Waals surface area contributed by atoms with Crippen LogP contribution in [0.15, 0.2) is 71.7 Å². The fraction of sp³-hybridized carbons (Fsp3) is 0.182. The Balaban J connectivity index is 1.57. The van der Waals surface area contributed by atoms with E-state index in [2.05, 4.69) is 0 Å². The average Bonchev–Trinajstić information content (AvgIpc) is 2.72. The van der Waals surface area contributed by atoms with Crippen LogP contribution in [0.25, 0.3) is 0 Å². The molecule has 0 spiro atoms. The molecule has 29 heavy (non-hydrogen) atoms. The summed E-state index contributed by atoms with van der Waals surface area (Å²) >= 11 is 0. The van der Waals surface area contributed by atoms with Crippen LogP contribution >= 0.6 is 0 Å². The van der Waals surface area contributed by atoms with E-state index >= 15 is 0 Å². The molecule has 0 bridgehead atoms. The van der Waals surface area contributed by atoms with E-state index in [0.29, 0.717) is 11.3 Å². The molecule has 3 rings (SSSR count). The number of ether oxygens (including phenoxy) is 1. The van der Waals surface area contributed by atoms with E-state index in [4.69, 9.17) is 14.7 Å². The van der Waals surface area contributed by atoms with Crippen LogP contribution in [0.4, 0.5) is 4.39 Å². The third-order valence-electron chi connectivity index (χ3n) is 4.40. The van der Waals surface area contributed by atoms with Crippen molar-refractivity contribution in [3.63, 3.8) is 0 Å². The summed E-state index contributed by atoms with van der Waals surface area (Å²) in [5.74, 6) is -1.41. The smallest absolute Gasteiger partial charge is 0.310 e. The molecule has 0 fully saturated rings. The predicted octanol–water partition coefficient (Wildman–Crippen LogP) is 3.38. The number of aromatic nitrogens is 1. The maximum absolute atomic E-state index is 12.9. The predicted molar refractivity (Wildman–Crippen MR) is 104 cm³/mol. The van der Waals surface area contributed by atoms with Crippen LogP contribution < -0.4 is 15.1 Å². The van der Waals surface area contributed by atoms with Crippen LogP contribution in [0.1, 0.15) is 29.5 Å². The summed E-state index contributed by atoms with van der Waals surface area (Å²) in [4.78, 5) is 28.7. The number of hydrogen-bond donors (Lipinski definition) is 1. The van der Waals surface area contributed by atoms with Crippen LogP contribution in [-0.4, -0.2) is 15.8 Å². The van der Waals surface area contributed by atoms with E-state index < -0.39 is 17.4 Å². The molecule has 0 radical (unpaired) electrons. The number of halogens is 1. The number of carbonyl (C=O) groups is 1. The number of hydrogen-bond acceptors (Lipinski definition) is 4. The summed E-state index contributed by atoms with van der Waals surface area (Å²) in [6, 6.07) is 15.8. The number of carboxylic acid groups (broad SMARTS) is 1. The molecule has 0 saturated carbocycles. The zero-order valence-electron chi connectivity index (χ0n) is 15.7. The highest BCUT2D eigenvalue weighted by Gasteiger charge is 2.13. The first-order chi connectivity index (χ1) is 13.9. The third-order valence-corrected chi connectivity index (χ3v) is 4.40. The Labute approximate surface area is 166 Å². The van der Waals surface area contributed by atoms with Gasteiger partial charge in [0.15, 0.2) is 0 Å². The van der Waals surface area contributed by atoms with Crippen molar-refractivity contribution in [2.24, 2.45) is 0 Å². The summed E-state index contributed by atoms with van der Waals surface area (Å²) in [6.45, 7) is 1.98. The van der Waals surface area contributed by atoms with E-state index in [9.17, 15) is 14.0 Å². The van der Waals surface area contributed by atoms with Gasteiger partial charge in [-0.3, -0.25) is 9.59 Å². The fourth-order valence-corrected chi connectivity index (χ4v) is 2.58. The van der Waals surface area contributed by atoms with Gasteiger partial charge in [-0.2, -0.15) is 4.73 Å². The molecule has 0 amide bonds. The highest BCUT2D eigenvalue weighted by Crippen LogP contribution is 2.16. The first-order valence-electron chi connectivity index (χ1n) is 8.97. The SMILES string of the molecule is CC(C(=O)O)c1ccc(COn2ccc(OCc3ccc(F)cc3)cc2=O)cc1. The summed E-state index contributed by atoms with van der Waals surface area (Å²) in [5.41, 5.74) is 1.89. The normalized spacial score (nSPS) is 11.7. The van der Waals surface area contributed by atoms with E-state index in [1.165, 1.54) is 24.4 Å². The molecule has 150 valence electrons. The fourth-order valence-electron chi connectivity index (χ4n) is 2.58. The zero-order valence-corrected chi connectivity index (χ0v) is 15.7. The van der Waals surface area contributed by atoms with Crippen molar-refractivity contribution >= 4 is 5.97 Å². The van der Waals surface area contributed by atoms with Crippen molar-refractivity contribution in [2.45, 2.75) is 26.1 Å². The Bertz CT molecular complexity index is 1030. The molecule has 7 heteroatoms. The molecular formula is C22H20FNO5. The summed E-state index contributed by atoms with van der Waals surface area (Å²) < 4.78 is 19.5. The summed E-state index contributed by atoms with van der Waals surface area (Å²) in [7, 11) is 0. The van der Waals surface area contributed by atoms with Crippen LogP contribution in [0.3, 0.4) is 0 Å². The van der Waals surface area contributed by atoms with Gasteiger partial charge in [-0.05, 0) is 35.7 Å². The molecule has 1 atom stereocenters. The molecule has 0 aliphatic carbocycles. The van der Waals surface area contributed by atoms with E-state index in [0.717, 1.165) is 15.9 Å². The van der Waals surface area contributed by atoms with Crippen molar-refractivity contribution in [1.82, 2.24) is 4.73 Å². The van der Waals surface area contributed by atoms with Gasteiger partial charge in [0.25, 0.3) is 5.56 Å². The quantitative estimate of drug-likeness (QED) is 0.631. The molecular weight excluding hydrogens is 377 g/mol. The minimum absolute atomic E-state index is 0.150. The molecule has 1 heterocycles. The van der Waals surface area contributed by atoms with Crippen LogP contribution in [0.2, 0.25) is 0 Å². The Kier molecular flexibility index (Phi) is 6.29. The minimum atomic E-state index is -0.887. The number of aliphatic carboxylic acids is 1. The molecule has 1 aromatic heterocycles. The number of pyridine rings is 1. The molecule has 1 unspecified atom stereocenters. The van der Waals surface area contributed by atoms with Crippen molar-refractivity contribution < 1.29 is 23.9 Å². The van der Waals surface area contributed by atoms with E-state index in [1.54, 1.807) is 49.4 Å². The zero-order chi connectivity index (χ0) is 20.8. The monoisotopic (exact) mass is 397 g/mol. The standard InChI is InChI=1S/C22H20FNO5/c1-15(22(26)27)18-6-2-17(3-7-18)14-29-24-11-10-20(12-21(24)25)28-13-16-4-8-19(23)9-5-16/h2-12,15H,13-14H2,1H3,(H,26,27). The highest BCUT2D eigenvalue weighted by molar-refractivity contribution is 5.75. The number of rotatable bonds is 8. The second-order valence-corrected chi connectivity index (χ2v) is 6.52. The van der Waals surface area contributed by atoms with Gasteiger partial charge in [0, 0.05) is 12.1 Å². The minimum Gasteiger partial charge on any atom is -0.489 e. The average molecular weight is 397 g/mol. The van der Waals surface area contributed by atoms with E-state index in [-0.39, 0.29) is 19.0 Å². The largest absolute Gasteiger partial charge is 0.489 e. The molecule has 1 N–H and O–H groups in total. The Morgan fingerprint density at radius 1 is 1.03 bits per heavy atom. The molecule has 6 nitrogen and oxygen atoms in total. The number of benzene rings is 2. The van der Waals surface area contributed by atoms with Gasteiger partial charge in [-0.25, -0.2) is 4.39 Å². The van der Waals surface area contributed by atoms with Crippen molar-refractivity contribution in [3.8, 4) is 5.75 Å². The molecule has 2 aromatic carbocycles. The second kappa shape index (κ2) is 9.05. The molecule has 0 aliphatic rings. The van der Waals surface area contributed by atoms with Crippen LogP contribution in [0.5, 0.6) is 5.75 Å². The Morgan fingerprint density at radius 3 is 2.28 bits per heavy atom. The van der Waals surface area contributed by atoms with Gasteiger partial charge < -0.3 is 14.7 Å². The Morgan fingerprint density at radius 2 is 1.66 bits per heavy atom.